The largest absolute Gasteiger partial charge is 0.495 e. The number of nitrogens with one attached hydrogen (secondary N) is 1. The number of nitrogens with zero attached hydrogens (tertiary/aromatic N) is 2. The second kappa shape index (κ2) is 8.73. The third-order valence-electron chi connectivity index (χ3n) is 5.12. The van der Waals surface area contributed by atoms with Gasteiger partial charge in [-0.15, -0.1) is 0 Å². The van der Waals surface area contributed by atoms with E-state index in [1.54, 1.807) is 14.0 Å². The van der Waals surface area contributed by atoms with E-state index in [-0.39, 0.29) is 11.6 Å². The number of hydrogen-bond acceptors (Lipinski definition) is 4. The number of halogens is 3. The minimum Gasteiger partial charge on any atom is -0.495 e. The zero-order chi connectivity index (χ0) is 21.0. The van der Waals surface area contributed by atoms with Crippen LogP contribution in [-0.2, 0) is 11.0 Å². The molecule has 2 aromatic carbocycles. The first kappa shape index (κ1) is 21.0. The van der Waals surface area contributed by atoms with E-state index < -0.39 is 17.8 Å². The number of ether oxygens (including phenoxy) is 1. The van der Waals surface area contributed by atoms with Gasteiger partial charge in [-0.2, -0.15) is 13.2 Å². The standard InChI is InChI=1S/C21H24F3N3O2/c1-15(20(28)25-17-7-5-6-16(14-17)21(22,23)24)26-10-12-27(13-11-26)18-8-3-4-9-19(18)29-2/h3-9,14-15H,10-13H2,1-2H3,(H,25,28)/t15-/m0/s1. The van der Waals surface area contributed by atoms with Gasteiger partial charge in [-0.1, -0.05) is 18.2 Å². The maximum absolute atomic E-state index is 12.9. The topological polar surface area (TPSA) is 44.8 Å². The molecule has 5 nitrogen and oxygen atoms in total. The van der Waals surface area contributed by atoms with Gasteiger partial charge >= 0.3 is 6.18 Å². The molecular formula is C21H24F3N3O2. The van der Waals surface area contributed by atoms with Gasteiger partial charge in [0.2, 0.25) is 5.91 Å². The highest BCUT2D eigenvalue weighted by Gasteiger charge is 2.31. The average molecular weight is 407 g/mol. The minimum atomic E-state index is -4.44. The third kappa shape index (κ3) is 5.00. The molecule has 0 radical (unpaired) electrons. The van der Waals surface area contributed by atoms with Crippen LogP contribution in [0.1, 0.15) is 12.5 Å². The summed E-state index contributed by atoms with van der Waals surface area (Å²) >= 11 is 0. The lowest BCUT2D eigenvalue weighted by molar-refractivity contribution is -0.137. The SMILES string of the molecule is COc1ccccc1N1CCN([C@@H](C)C(=O)Nc2cccc(C(F)(F)F)c2)CC1. The molecule has 1 N–H and O–H groups in total. The molecule has 2 aromatic rings. The highest BCUT2D eigenvalue weighted by Crippen LogP contribution is 2.31. The first-order chi connectivity index (χ1) is 13.8. The molecule has 0 aliphatic carbocycles. The zero-order valence-electron chi connectivity index (χ0n) is 16.4. The second-order valence-corrected chi connectivity index (χ2v) is 6.94. The van der Waals surface area contributed by atoms with E-state index >= 15 is 0 Å². The number of methoxy groups -OCH3 is 1. The van der Waals surface area contributed by atoms with Crippen molar-refractivity contribution in [2.75, 3.05) is 43.5 Å². The molecule has 8 heteroatoms. The van der Waals surface area contributed by atoms with Gasteiger partial charge in [0.1, 0.15) is 5.75 Å². The van der Waals surface area contributed by atoms with Gasteiger partial charge in [0, 0.05) is 31.9 Å². The highest BCUT2D eigenvalue weighted by molar-refractivity contribution is 5.94. The number of para-hydroxylation sites is 2. The second-order valence-electron chi connectivity index (χ2n) is 6.94. The number of carbonyl (C=O) groups excluding carboxylic acids is 1. The number of hydrogen-bond donors (Lipinski definition) is 1. The molecule has 1 fully saturated rings. The van der Waals surface area contributed by atoms with Gasteiger partial charge in [0.25, 0.3) is 0 Å². The Morgan fingerprint density at radius 3 is 2.41 bits per heavy atom. The Morgan fingerprint density at radius 2 is 1.76 bits per heavy atom. The Hall–Kier alpha value is -2.74. The van der Waals surface area contributed by atoms with Gasteiger partial charge in [0.05, 0.1) is 24.4 Å². The van der Waals surface area contributed by atoms with E-state index in [4.69, 9.17) is 4.74 Å². The average Bonchev–Trinajstić information content (AvgIpc) is 2.73. The summed E-state index contributed by atoms with van der Waals surface area (Å²) in [6.07, 6.45) is -4.44. The van der Waals surface area contributed by atoms with Crippen molar-refractivity contribution >= 4 is 17.3 Å². The fraction of sp³-hybridized carbons (Fsp3) is 0.381. The Kier molecular flexibility index (Phi) is 6.32. The van der Waals surface area contributed by atoms with E-state index in [9.17, 15) is 18.0 Å². The minimum absolute atomic E-state index is 0.143. The first-order valence-corrected chi connectivity index (χ1v) is 9.39. The van der Waals surface area contributed by atoms with Crippen molar-refractivity contribution in [1.29, 1.82) is 0 Å². The van der Waals surface area contributed by atoms with Gasteiger partial charge in [-0.05, 0) is 37.3 Å². The van der Waals surface area contributed by atoms with Crippen molar-refractivity contribution < 1.29 is 22.7 Å². The number of anilines is 2. The van der Waals surface area contributed by atoms with E-state index in [1.165, 1.54) is 12.1 Å². The van der Waals surface area contributed by atoms with Crippen molar-refractivity contribution in [1.82, 2.24) is 4.90 Å². The third-order valence-corrected chi connectivity index (χ3v) is 5.12. The number of amides is 1. The summed E-state index contributed by atoms with van der Waals surface area (Å²) in [4.78, 5) is 16.8. The van der Waals surface area contributed by atoms with Crippen LogP contribution in [0.3, 0.4) is 0 Å². The molecule has 0 aromatic heterocycles. The Labute approximate surface area is 168 Å². The quantitative estimate of drug-likeness (QED) is 0.818. The van der Waals surface area contributed by atoms with Gasteiger partial charge < -0.3 is 15.0 Å². The molecule has 1 aliphatic heterocycles. The molecule has 0 bridgehead atoms. The molecule has 1 amide bonds. The van der Waals surface area contributed by atoms with Gasteiger partial charge in [0.15, 0.2) is 0 Å². The molecule has 29 heavy (non-hydrogen) atoms. The number of alkyl halides is 3. The van der Waals surface area contributed by atoms with Crippen molar-refractivity contribution in [3.63, 3.8) is 0 Å². The van der Waals surface area contributed by atoms with E-state index in [0.717, 1.165) is 36.7 Å². The summed E-state index contributed by atoms with van der Waals surface area (Å²) in [6.45, 7) is 4.54. The molecule has 1 heterocycles. The maximum atomic E-state index is 12.9. The molecule has 0 spiro atoms. The maximum Gasteiger partial charge on any atom is 0.416 e. The molecule has 156 valence electrons. The number of piperazine rings is 1. The Balaban J connectivity index is 1.59. The summed E-state index contributed by atoms with van der Waals surface area (Å²) in [5.74, 6) is 0.478. The number of benzene rings is 2. The van der Waals surface area contributed by atoms with Crippen molar-refractivity contribution in [2.24, 2.45) is 0 Å². The van der Waals surface area contributed by atoms with Gasteiger partial charge in [-0.3, -0.25) is 9.69 Å². The van der Waals surface area contributed by atoms with Crippen LogP contribution in [0.25, 0.3) is 0 Å². The Bertz CT molecular complexity index is 849. The summed E-state index contributed by atoms with van der Waals surface area (Å²) in [7, 11) is 1.63. The molecular weight excluding hydrogens is 383 g/mol. The summed E-state index contributed by atoms with van der Waals surface area (Å²) in [5, 5.41) is 2.60. The smallest absolute Gasteiger partial charge is 0.416 e. The van der Waals surface area contributed by atoms with Crippen LogP contribution in [0.2, 0.25) is 0 Å². The Morgan fingerprint density at radius 1 is 1.07 bits per heavy atom. The summed E-state index contributed by atoms with van der Waals surface area (Å²) in [6, 6.07) is 12.0. The van der Waals surface area contributed by atoms with Gasteiger partial charge in [-0.25, -0.2) is 0 Å². The van der Waals surface area contributed by atoms with Crippen LogP contribution < -0.4 is 15.0 Å². The number of rotatable bonds is 5. The molecule has 1 aliphatic rings. The first-order valence-electron chi connectivity index (χ1n) is 9.39. The lowest BCUT2D eigenvalue weighted by atomic mass is 10.1. The van der Waals surface area contributed by atoms with E-state index in [1.807, 2.05) is 29.2 Å². The van der Waals surface area contributed by atoms with E-state index in [0.29, 0.717) is 13.1 Å². The lowest BCUT2D eigenvalue weighted by Crippen LogP contribution is -2.52. The predicted molar refractivity (Wildman–Crippen MR) is 106 cm³/mol. The lowest BCUT2D eigenvalue weighted by Gasteiger charge is -2.38. The van der Waals surface area contributed by atoms with Crippen LogP contribution in [0, 0.1) is 0 Å². The van der Waals surface area contributed by atoms with E-state index in [2.05, 4.69) is 10.2 Å². The molecule has 3 rings (SSSR count). The fourth-order valence-corrected chi connectivity index (χ4v) is 3.43. The normalized spacial score (nSPS) is 16.4. The van der Waals surface area contributed by atoms with Crippen molar-refractivity contribution in [2.45, 2.75) is 19.1 Å². The van der Waals surface area contributed by atoms with Crippen LogP contribution >= 0.6 is 0 Å². The van der Waals surface area contributed by atoms with Crippen molar-refractivity contribution in [3.05, 3.63) is 54.1 Å². The molecule has 1 atom stereocenters. The summed E-state index contributed by atoms with van der Waals surface area (Å²) in [5.41, 5.74) is 0.369. The molecule has 0 unspecified atom stereocenters. The monoisotopic (exact) mass is 407 g/mol. The van der Waals surface area contributed by atoms with Crippen LogP contribution in [-0.4, -0.2) is 50.1 Å². The molecule has 0 saturated carbocycles. The predicted octanol–water partition coefficient (Wildman–Crippen LogP) is 3.86. The van der Waals surface area contributed by atoms with Crippen LogP contribution in [0.15, 0.2) is 48.5 Å². The van der Waals surface area contributed by atoms with Crippen LogP contribution in [0.4, 0.5) is 24.5 Å². The highest BCUT2D eigenvalue weighted by atomic mass is 19.4. The summed E-state index contributed by atoms with van der Waals surface area (Å²) < 4.78 is 44.0. The molecule has 1 saturated heterocycles. The zero-order valence-corrected chi connectivity index (χ0v) is 16.4. The fourth-order valence-electron chi connectivity index (χ4n) is 3.43. The van der Waals surface area contributed by atoms with Crippen LogP contribution in [0.5, 0.6) is 5.75 Å². The van der Waals surface area contributed by atoms with Crippen molar-refractivity contribution in [3.8, 4) is 5.75 Å². The number of carbonyl (C=O) groups is 1.